The smallest absolute Gasteiger partial charge is 0.319 e. The Morgan fingerprint density at radius 3 is 2.74 bits per heavy atom. The molecule has 0 saturated heterocycles. The van der Waals surface area contributed by atoms with E-state index in [4.69, 9.17) is 16.7 Å². The van der Waals surface area contributed by atoms with Gasteiger partial charge in [0.15, 0.2) is 0 Å². The number of carboxylic acids is 1. The van der Waals surface area contributed by atoms with E-state index in [2.05, 4.69) is 10.6 Å². The van der Waals surface area contributed by atoms with E-state index in [9.17, 15) is 9.59 Å². The molecular formula is C13H17ClN2O3. The topological polar surface area (TPSA) is 78.4 Å². The first-order chi connectivity index (χ1) is 9.01. The molecule has 1 unspecified atom stereocenters. The van der Waals surface area contributed by atoms with Crippen molar-refractivity contribution in [1.29, 1.82) is 0 Å². The molecule has 104 valence electrons. The number of carbonyl (C=O) groups excluding carboxylic acids is 1. The Labute approximate surface area is 117 Å². The molecule has 6 heteroatoms. The molecule has 1 aromatic rings. The zero-order valence-corrected chi connectivity index (χ0v) is 11.4. The van der Waals surface area contributed by atoms with Gasteiger partial charge < -0.3 is 15.7 Å². The zero-order chi connectivity index (χ0) is 14.3. The second kappa shape index (κ2) is 7.63. The van der Waals surface area contributed by atoms with Crippen LogP contribution in [0.15, 0.2) is 24.3 Å². The maximum Gasteiger partial charge on any atom is 0.319 e. The van der Waals surface area contributed by atoms with Crippen molar-refractivity contribution in [2.75, 3.05) is 11.9 Å². The minimum atomic E-state index is -0.858. The van der Waals surface area contributed by atoms with Crippen LogP contribution in [0.5, 0.6) is 0 Å². The van der Waals surface area contributed by atoms with Crippen LogP contribution in [-0.4, -0.2) is 23.7 Å². The summed E-state index contributed by atoms with van der Waals surface area (Å²) in [5.41, 5.74) is 0.594. The lowest BCUT2D eigenvalue weighted by atomic mass is 10.0. The maximum absolute atomic E-state index is 11.6. The summed E-state index contributed by atoms with van der Waals surface area (Å²) in [4.78, 5) is 22.2. The summed E-state index contributed by atoms with van der Waals surface area (Å²) in [6, 6.07) is 6.43. The molecule has 1 rings (SSSR count). The maximum atomic E-state index is 11.6. The molecular weight excluding hydrogens is 268 g/mol. The van der Waals surface area contributed by atoms with Crippen LogP contribution in [-0.2, 0) is 4.79 Å². The standard InChI is InChI=1S/C13H17ClN2O3/c1-2-9(6-12(17)18)8-15-13(19)16-11-5-3-4-10(14)7-11/h3-5,7,9H,2,6,8H2,1H3,(H,17,18)(H2,15,16,19). The number of halogens is 1. The first-order valence-electron chi connectivity index (χ1n) is 6.03. The number of carbonyl (C=O) groups is 2. The van der Waals surface area contributed by atoms with Crippen LogP contribution in [0.25, 0.3) is 0 Å². The molecule has 0 fully saturated rings. The van der Waals surface area contributed by atoms with Gasteiger partial charge in [0.25, 0.3) is 0 Å². The summed E-state index contributed by atoms with van der Waals surface area (Å²) >= 11 is 5.80. The number of benzene rings is 1. The van der Waals surface area contributed by atoms with Crippen molar-refractivity contribution in [3.8, 4) is 0 Å². The summed E-state index contributed by atoms with van der Waals surface area (Å²) in [6.07, 6.45) is 0.748. The Kier molecular flexibility index (Phi) is 6.15. The van der Waals surface area contributed by atoms with Gasteiger partial charge in [0.05, 0.1) is 0 Å². The Morgan fingerprint density at radius 2 is 2.16 bits per heavy atom. The van der Waals surface area contributed by atoms with E-state index in [1.54, 1.807) is 24.3 Å². The molecule has 0 radical (unpaired) electrons. The van der Waals surface area contributed by atoms with Crippen LogP contribution in [0.4, 0.5) is 10.5 Å². The second-order valence-corrected chi connectivity index (χ2v) is 4.65. The second-order valence-electron chi connectivity index (χ2n) is 4.22. The van der Waals surface area contributed by atoms with Gasteiger partial charge in [0.1, 0.15) is 0 Å². The minimum Gasteiger partial charge on any atom is -0.481 e. The number of nitrogens with one attached hydrogen (secondary N) is 2. The van der Waals surface area contributed by atoms with Crippen LogP contribution in [0.1, 0.15) is 19.8 Å². The number of hydrogen-bond donors (Lipinski definition) is 3. The lowest BCUT2D eigenvalue weighted by Crippen LogP contribution is -2.33. The summed E-state index contributed by atoms with van der Waals surface area (Å²) < 4.78 is 0. The third-order valence-electron chi connectivity index (χ3n) is 2.67. The zero-order valence-electron chi connectivity index (χ0n) is 10.6. The van der Waals surface area contributed by atoms with Crippen molar-refractivity contribution >= 4 is 29.3 Å². The van der Waals surface area contributed by atoms with Gasteiger partial charge in [0.2, 0.25) is 0 Å². The number of anilines is 1. The summed E-state index contributed by atoms with van der Waals surface area (Å²) in [5, 5.41) is 14.5. The molecule has 2 amide bonds. The van der Waals surface area contributed by atoms with E-state index in [1.165, 1.54) is 0 Å². The Bertz CT molecular complexity index is 451. The number of amides is 2. The molecule has 0 spiro atoms. The van der Waals surface area contributed by atoms with E-state index >= 15 is 0 Å². The molecule has 0 aliphatic rings. The predicted molar refractivity (Wildman–Crippen MR) is 74.5 cm³/mol. The number of urea groups is 1. The van der Waals surface area contributed by atoms with Crippen molar-refractivity contribution in [1.82, 2.24) is 5.32 Å². The van der Waals surface area contributed by atoms with Crippen molar-refractivity contribution in [3.05, 3.63) is 29.3 Å². The molecule has 0 heterocycles. The summed E-state index contributed by atoms with van der Waals surface area (Å²) in [6.45, 7) is 2.22. The highest BCUT2D eigenvalue weighted by atomic mass is 35.5. The van der Waals surface area contributed by atoms with Gasteiger partial charge in [-0.3, -0.25) is 4.79 Å². The molecule has 19 heavy (non-hydrogen) atoms. The summed E-state index contributed by atoms with van der Waals surface area (Å²) in [7, 11) is 0. The van der Waals surface area contributed by atoms with Gasteiger partial charge in [-0.1, -0.05) is 31.0 Å². The molecule has 5 nitrogen and oxygen atoms in total. The molecule has 0 aliphatic carbocycles. The number of rotatable bonds is 6. The lowest BCUT2D eigenvalue weighted by Gasteiger charge is -2.14. The van der Waals surface area contributed by atoms with Crippen molar-refractivity contribution < 1.29 is 14.7 Å². The van der Waals surface area contributed by atoms with Gasteiger partial charge in [-0.2, -0.15) is 0 Å². The predicted octanol–water partition coefficient (Wildman–Crippen LogP) is 2.96. The Morgan fingerprint density at radius 1 is 1.42 bits per heavy atom. The van der Waals surface area contributed by atoms with Crippen LogP contribution in [0.3, 0.4) is 0 Å². The number of carboxylic acid groups (broad SMARTS) is 1. The molecule has 0 aromatic heterocycles. The van der Waals surface area contributed by atoms with E-state index in [0.29, 0.717) is 23.7 Å². The first kappa shape index (κ1) is 15.3. The van der Waals surface area contributed by atoms with Gasteiger partial charge >= 0.3 is 12.0 Å². The minimum absolute atomic E-state index is 0.0495. The average Bonchev–Trinajstić information content (AvgIpc) is 2.34. The monoisotopic (exact) mass is 284 g/mol. The van der Waals surface area contributed by atoms with E-state index in [0.717, 1.165) is 0 Å². The highest BCUT2D eigenvalue weighted by Crippen LogP contribution is 2.14. The highest BCUT2D eigenvalue weighted by Gasteiger charge is 2.12. The average molecular weight is 285 g/mol. The van der Waals surface area contributed by atoms with E-state index < -0.39 is 5.97 Å². The fourth-order valence-corrected chi connectivity index (χ4v) is 1.78. The van der Waals surface area contributed by atoms with Crippen LogP contribution < -0.4 is 10.6 Å². The molecule has 3 N–H and O–H groups in total. The Hall–Kier alpha value is -1.75. The van der Waals surface area contributed by atoms with Crippen molar-refractivity contribution in [3.63, 3.8) is 0 Å². The normalized spacial score (nSPS) is 11.7. The van der Waals surface area contributed by atoms with E-state index in [-0.39, 0.29) is 18.4 Å². The number of aliphatic carboxylic acids is 1. The van der Waals surface area contributed by atoms with Crippen molar-refractivity contribution in [2.24, 2.45) is 5.92 Å². The first-order valence-corrected chi connectivity index (χ1v) is 6.41. The number of hydrogen-bond acceptors (Lipinski definition) is 2. The third kappa shape index (κ3) is 6.10. The van der Waals surface area contributed by atoms with Crippen molar-refractivity contribution in [2.45, 2.75) is 19.8 Å². The summed E-state index contributed by atoms with van der Waals surface area (Å²) in [5.74, 6) is -0.925. The molecule has 1 aromatic carbocycles. The van der Waals surface area contributed by atoms with Crippen LogP contribution >= 0.6 is 11.6 Å². The Balaban J connectivity index is 2.40. The molecule has 0 saturated carbocycles. The van der Waals surface area contributed by atoms with Gasteiger partial charge in [-0.15, -0.1) is 0 Å². The SMILES string of the molecule is CCC(CNC(=O)Nc1cccc(Cl)c1)CC(=O)O. The lowest BCUT2D eigenvalue weighted by molar-refractivity contribution is -0.138. The van der Waals surface area contributed by atoms with Gasteiger partial charge in [-0.05, 0) is 24.1 Å². The largest absolute Gasteiger partial charge is 0.481 e. The highest BCUT2D eigenvalue weighted by molar-refractivity contribution is 6.30. The molecule has 0 bridgehead atoms. The quantitative estimate of drug-likeness (QED) is 0.751. The van der Waals surface area contributed by atoms with Crippen LogP contribution in [0.2, 0.25) is 5.02 Å². The van der Waals surface area contributed by atoms with E-state index in [1.807, 2.05) is 6.92 Å². The molecule has 0 aliphatic heterocycles. The molecule has 1 atom stereocenters. The fourth-order valence-electron chi connectivity index (χ4n) is 1.59. The van der Waals surface area contributed by atoms with Crippen LogP contribution in [0, 0.1) is 5.92 Å². The van der Waals surface area contributed by atoms with Gasteiger partial charge in [0, 0.05) is 23.7 Å². The third-order valence-corrected chi connectivity index (χ3v) is 2.91. The van der Waals surface area contributed by atoms with Gasteiger partial charge in [-0.25, -0.2) is 4.79 Å². The fraction of sp³-hybridized carbons (Fsp3) is 0.385.